The van der Waals surface area contributed by atoms with E-state index in [1.54, 1.807) is 49.4 Å². The molecule has 0 spiro atoms. The molecule has 2 amide bonds. The van der Waals surface area contributed by atoms with Crippen LogP contribution in [0.25, 0.3) is 0 Å². The molecule has 0 radical (unpaired) electrons. The van der Waals surface area contributed by atoms with E-state index in [1.807, 2.05) is 20.8 Å². The Labute approximate surface area is 238 Å². The Kier molecular flexibility index (Phi) is 9.90. The first-order valence-corrected chi connectivity index (χ1v) is 14.7. The lowest BCUT2D eigenvalue weighted by Crippen LogP contribution is -2.55. The van der Waals surface area contributed by atoms with Crippen LogP contribution in [0.2, 0.25) is 0 Å². The van der Waals surface area contributed by atoms with Gasteiger partial charge >= 0.3 is 0 Å². The summed E-state index contributed by atoms with van der Waals surface area (Å²) in [4.78, 5) is 28.7. The zero-order valence-corrected chi connectivity index (χ0v) is 24.8. The highest BCUT2D eigenvalue weighted by molar-refractivity contribution is 9.10. The minimum Gasteiger partial charge on any atom is -0.350 e. The molecule has 208 valence electrons. The monoisotopic (exact) mass is 617 g/mol. The number of anilines is 1. The summed E-state index contributed by atoms with van der Waals surface area (Å²) in [7, 11) is -4.14. The van der Waals surface area contributed by atoms with Gasteiger partial charge in [0, 0.05) is 16.6 Å². The maximum atomic E-state index is 14.0. The highest BCUT2D eigenvalue weighted by atomic mass is 79.9. The van der Waals surface area contributed by atoms with E-state index in [0.717, 1.165) is 4.31 Å². The molecule has 0 aliphatic heterocycles. The van der Waals surface area contributed by atoms with Gasteiger partial charge in [0.05, 0.1) is 10.6 Å². The van der Waals surface area contributed by atoms with Crippen molar-refractivity contribution in [2.75, 3.05) is 10.8 Å². The van der Waals surface area contributed by atoms with E-state index in [2.05, 4.69) is 21.2 Å². The van der Waals surface area contributed by atoms with Gasteiger partial charge in [-0.15, -0.1) is 0 Å². The Morgan fingerprint density at radius 1 is 0.974 bits per heavy atom. The SMILES string of the molecule is CC[C@H](C(=O)NC(C)(C)C)N(Cc1ccc(F)cc1)C(=O)CN(c1cccc(Br)c1)S(=O)(=O)c1ccccc1. The van der Waals surface area contributed by atoms with Crippen molar-refractivity contribution in [2.24, 2.45) is 0 Å². The number of hydrogen-bond acceptors (Lipinski definition) is 4. The number of sulfonamides is 1. The molecule has 0 aliphatic rings. The van der Waals surface area contributed by atoms with E-state index in [-0.39, 0.29) is 29.5 Å². The van der Waals surface area contributed by atoms with Crippen LogP contribution in [0.5, 0.6) is 0 Å². The molecule has 0 aliphatic carbocycles. The van der Waals surface area contributed by atoms with Crippen LogP contribution in [0.1, 0.15) is 39.7 Å². The molecule has 39 heavy (non-hydrogen) atoms. The topological polar surface area (TPSA) is 86.8 Å². The second kappa shape index (κ2) is 12.7. The van der Waals surface area contributed by atoms with Gasteiger partial charge in [-0.05, 0) is 75.2 Å². The predicted octanol–water partition coefficient (Wildman–Crippen LogP) is 5.51. The van der Waals surface area contributed by atoms with Gasteiger partial charge in [0.15, 0.2) is 0 Å². The van der Waals surface area contributed by atoms with Gasteiger partial charge in [0.1, 0.15) is 18.4 Å². The average Bonchev–Trinajstić information content (AvgIpc) is 2.87. The highest BCUT2D eigenvalue weighted by Gasteiger charge is 2.34. The predicted molar refractivity (Wildman–Crippen MR) is 154 cm³/mol. The molecule has 3 aromatic carbocycles. The molecule has 0 heterocycles. The molecule has 7 nitrogen and oxygen atoms in total. The first kappa shape index (κ1) is 30.3. The molecule has 1 N–H and O–H groups in total. The van der Waals surface area contributed by atoms with E-state index in [1.165, 1.54) is 41.3 Å². The third-order valence-corrected chi connectivity index (χ3v) is 8.14. The number of hydrogen-bond donors (Lipinski definition) is 1. The fourth-order valence-corrected chi connectivity index (χ4v) is 5.85. The molecule has 0 fully saturated rings. The third kappa shape index (κ3) is 8.12. The lowest BCUT2D eigenvalue weighted by molar-refractivity contribution is -0.141. The minimum absolute atomic E-state index is 0.00705. The van der Waals surface area contributed by atoms with Gasteiger partial charge in [0.25, 0.3) is 10.0 Å². The number of carbonyl (C=O) groups excluding carboxylic acids is 2. The van der Waals surface area contributed by atoms with E-state index >= 15 is 0 Å². The van der Waals surface area contributed by atoms with Crippen molar-refractivity contribution in [3.8, 4) is 0 Å². The minimum atomic E-state index is -4.14. The molecular formula is C29H33BrFN3O4S. The van der Waals surface area contributed by atoms with Gasteiger partial charge in [-0.25, -0.2) is 12.8 Å². The summed E-state index contributed by atoms with van der Waals surface area (Å²) in [6.07, 6.45) is 0.289. The number of nitrogens with one attached hydrogen (secondary N) is 1. The van der Waals surface area contributed by atoms with E-state index in [9.17, 15) is 22.4 Å². The van der Waals surface area contributed by atoms with E-state index < -0.39 is 39.9 Å². The molecule has 0 saturated carbocycles. The standard InChI is InChI=1S/C29H33BrFN3O4S/c1-5-26(28(36)32-29(2,3)4)33(19-21-14-16-23(31)17-15-21)27(35)20-34(24-11-9-10-22(30)18-24)39(37,38)25-12-7-6-8-13-25/h6-18,26H,5,19-20H2,1-4H3,(H,32,36)/t26-/m1/s1. The van der Waals surface area contributed by atoms with Crippen LogP contribution in [0.15, 0.2) is 88.2 Å². The second-order valence-electron chi connectivity index (χ2n) is 10.1. The van der Waals surface area contributed by atoms with Gasteiger partial charge in [-0.3, -0.25) is 13.9 Å². The number of nitrogens with zero attached hydrogens (tertiary/aromatic N) is 2. The van der Waals surface area contributed by atoms with Crippen molar-refractivity contribution < 1.29 is 22.4 Å². The van der Waals surface area contributed by atoms with Crippen LogP contribution in [0, 0.1) is 5.82 Å². The summed E-state index contributed by atoms with van der Waals surface area (Å²) < 4.78 is 42.8. The van der Waals surface area contributed by atoms with E-state index in [0.29, 0.717) is 10.0 Å². The van der Waals surface area contributed by atoms with Crippen LogP contribution >= 0.6 is 15.9 Å². The fraction of sp³-hybridized carbons (Fsp3) is 0.310. The molecule has 1 atom stereocenters. The highest BCUT2D eigenvalue weighted by Crippen LogP contribution is 2.27. The third-order valence-electron chi connectivity index (χ3n) is 5.86. The zero-order valence-electron chi connectivity index (χ0n) is 22.4. The second-order valence-corrected chi connectivity index (χ2v) is 12.9. The Hall–Kier alpha value is -3.24. The normalized spacial score (nSPS) is 12.5. The molecule has 0 bridgehead atoms. The van der Waals surface area contributed by atoms with Gasteiger partial charge in [-0.2, -0.15) is 0 Å². The molecule has 0 saturated heterocycles. The molecular weight excluding hydrogens is 585 g/mol. The Morgan fingerprint density at radius 2 is 1.62 bits per heavy atom. The first-order chi connectivity index (χ1) is 18.3. The van der Waals surface area contributed by atoms with Crippen LogP contribution < -0.4 is 9.62 Å². The van der Waals surface area contributed by atoms with Crippen LogP contribution in [-0.4, -0.2) is 43.3 Å². The maximum Gasteiger partial charge on any atom is 0.264 e. The van der Waals surface area contributed by atoms with Gasteiger partial charge in [0.2, 0.25) is 11.8 Å². The Morgan fingerprint density at radius 3 is 2.18 bits per heavy atom. The summed E-state index contributed by atoms with van der Waals surface area (Å²) in [5.74, 6) is -1.36. The van der Waals surface area contributed by atoms with E-state index in [4.69, 9.17) is 0 Å². The Balaban J connectivity index is 2.06. The van der Waals surface area contributed by atoms with Crippen LogP contribution in [0.4, 0.5) is 10.1 Å². The number of benzene rings is 3. The van der Waals surface area contributed by atoms with Crippen molar-refractivity contribution in [1.82, 2.24) is 10.2 Å². The lowest BCUT2D eigenvalue weighted by atomic mass is 10.1. The van der Waals surface area contributed by atoms with Crippen molar-refractivity contribution >= 4 is 43.5 Å². The van der Waals surface area contributed by atoms with Crippen molar-refractivity contribution in [3.05, 3.63) is 94.7 Å². The lowest BCUT2D eigenvalue weighted by Gasteiger charge is -2.34. The summed E-state index contributed by atoms with van der Waals surface area (Å²) in [5, 5.41) is 2.92. The molecule has 0 aromatic heterocycles. The number of halogens is 2. The van der Waals surface area contributed by atoms with Crippen molar-refractivity contribution in [1.29, 1.82) is 0 Å². The molecule has 0 unspecified atom stereocenters. The summed E-state index contributed by atoms with van der Waals surface area (Å²) in [6.45, 7) is 6.74. The largest absolute Gasteiger partial charge is 0.350 e. The molecule has 10 heteroatoms. The smallest absolute Gasteiger partial charge is 0.264 e. The summed E-state index contributed by atoms with van der Waals surface area (Å²) in [5.41, 5.74) is 0.343. The van der Waals surface area contributed by atoms with Gasteiger partial charge < -0.3 is 10.2 Å². The van der Waals surface area contributed by atoms with Crippen LogP contribution in [-0.2, 0) is 26.2 Å². The summed E-state index contributed by atoms with van der Waals surface area (Å²) in [6, 6.07) is 19.3. The Bertz CT molecular complexity index is 1390. The molecule has 3 rings (SSSR count). The number of amides is 2. The van der Waals surface area contributed by atoms with Crippen LogP contribution in [0.3, 0.4) is 0 Å². The van der Waals surface area contributed by atoms with Gasteiger partial charge in [-0.1, -0.05) is 59.3 Å². The number of carbonyl (C=O) groups is 2. The average molecular weight is 619 g/mol. The zero-order chi connectivity index (χ0) is 28.8. The fourth-order valence-electron chi connectivity index (χ4n) is 4.04. The summed E-state index contributed by atoms with van der Waals surface area (Å²) >= 11 is 3.38. The quantitative estimate of drug-likeness (QED) is 0.325. The first-order valence-electron chi connectivity index (χ1n) is 12.5. The van der Waals surface area contributed by atoms with Crippen molar-refractivity contribution in [2.45, 2.75) is 57.1 Å². The maximum absolute atomic E-state index is 14.0. The number of rotatable bonds is 10. The molecule has 3 aromatic rings. The van der Waals surface area contributed by atoms with Crippen molar-refractivity contribution in [3.63, 3.8) is 0 Å².